The van der Waals surface area contributed by atoms with Crippen LogP contribution >= 0.6 is 11.6 Å². The Morgan fingerprint density at radius 3 is 2.90 bits per heavy atom. The van der Waals surface area contributed by atoms with E-state index in [0.717, 1.165) is 36.3 Å². The topological polar surface area (TPSA) is 53.4 Å². The second-order valence-corrected chi connectivity index (χ2v) is 5.81. The van der Waals surface area contributed by atoms with E-state index in [1.54, 1.807) is 12.1 Å². The Kier molecular flexibility index (Phi) is 3.59. The molecule has 4 nitrogen and oxygen atoms in total. The van der Waals surface area contributed by atoms with Crippen molar-refractivity contribution in [3.63, 3.8) is 0 Å². The Bertz CT molecular complexity index is 743. The van der Waals surface area contributed by atoms with Crippen molar-refractivity contribution in [3.05, 3.63) is 39.5 Å². The summed E-state index contributed by atoms with van der Waals surface area (Å²) < 4.78 is 0. The summed E-state index contributed by atoms with van der Waals surface area (Å²) in [7, 11) is 0. The molecule has 5 heteroatoms. The number of carboxylic acid groups (broad SMARTS) is 1. The number of halogens is 1. The molecule has 3 rings (SSSR count). The van der Waals surface area contributed by atoms with E-state index in [9.17, 15) is 9.90 Å². The van der Waals surface area contributed by atoms with Crippen LogP contribution in [0.3, 0.4) is 0 Å². The molecule has 0 unspecified atom stereocenters. The molecule has 0 saturated carbocycles. The summed E-state index contributed by atoms with van der Waals surface area (Å²) in [5.74, 6) is -0.890. The van der Waals surface area contributed by atoms with E-state index in [0.29, 0.717) is 28.0 Å². The van der Waals surface area contributed by atoms with Crippen molar-refractivity contribution in [1.29, 1.82) is 0 Å². The van der Waals surface area contributed by atoms with Gasteiger partial charge in [-0.2, -0.15) is 0 Å². The van der Waals surface area contributed by atoms with Gasteiger partial charge in [-0.3, -0.25) is 9.88 Å². The fourth-order valence-electron chi connectivity index (χ4n) is 2.99. The number of fused-ring (bicyclic) bond motifs is 2. The number of hydrogen-bond donors (Lipinski definition) is 1. The summed E-state index contributed by atoms with van der Waals surface area (Å²) in [5, 5.41) is 11.0. The summed E-state index contributed by atoms with van der Waals surface area (Å²) in [4.78, 5) is 18.8. The molecule has 110 valence electrons. The number of hydrogen-bond acceptors (Lipinski definition) is 3. The van der Waals surface area contributed by atoms with E-state index < -0.39 is 5.97 Å². The van der Waals surface area contributed by atoms with Gasteiger partial charge in [0, 0.05) is 41.2 Å². The fourth-order valence-corrected chi connectivity index (χ4v) is 3.14. The molecular weight excluding hydrogens is 288 g/mol. The summed E-state index contributed by atoms with van der Waals surface area (Å²) in [6.07, 6.45) is 0.783. The molecule has 0 saturated heterocycles. The molecule has 0 atom stereocenters. The minimum Gasteiger partial charge on any atom is -0.478 e. The number of carbonyl (C=O) groups is 1. The first kappa shape index (κ1) is 14.3. The van der Waals surface area contributed by atoms with E-state index in [4.69, 9.17) is 16.6 Å². The third-order valence-electron chi connectivity index (χ3n) is 4.24. The van der Waals surface area contributed by atoms with Gasteiger partial charge in [-0.05, 0) is 25.1 Å². The molecule has 0 aliphatic carbocycles. The molecule has 0 fully saturated rings. The third kappa shape index (κ3) is 2.28. The molecular formula is C16H17ClN2O2. The lowest BCUT2D eigenvalue weighted by atomic mass is 9.94. The van der Waals surface area contributed by atoms with Crippen LogP contribution in [0.15, 0.2) is 12.1 Å². The van der Waals surface area contributed by atoms with Gasteiger partial charge >= 0.3 is 5.97 Å². The number of aromatic nitrogens is 1. The lowest BCUT2D eigenvalue weighted by molar-refractivity contribution is 0.0695. The van der Waals surface area contributed by atoms with E-state index in [1.807, 2.05) is 6.92 Å². The second kappa shape index (κ2) is 5.28. The number of aromatic carboxylic acids is 1. The Morgan fingerprint density at radius 2 is 2.24 bits per heavy atom. The number of nitrogens with zero attached hydrogens (tertiary/aromatic N) is 2. The number of rotatable bonds is 2. The van der Waals surface area contributed by atoms with Gasteiger partial charge in [0.05, 0.1) is 11.1 Å². The van der Waals surface area contributed by atoms with Crippen molar-refractivity contribution in [2.24, 2.45) is 0 Å². The van der Waals surface area contributed by atoms with Crippen molar-refractivity contribution in [3.8, 4) is 0 Å². The Balaban J connectivity index is 2.34. The van der Waals surface area contributed by atoms with Crippen LogP contribution in [0.1, 0.15) is 34.1 Å². The number of pyridine rings is 1. The lowest BCUT2D eigenvalue weighted by Crippen LogP contribution is -2.32. The Labute approximate surface area is 128 Å². The molecule has 1 aromatic heterocycles. The van der Waals surface area contributed by atoms with Gasteiger partial charge < -0.3 is 5.11 Å². The van der Waals surface area contributed by atoms with E-state index in [2.05, 4.69) is 11.8 Å². The summed E-state index contributed by atoms with van der Waals surface area (Å²) in [6, 6.07) is 3.52. The minimum absolute atomic E-state index is 0.382. The number of aryl methyl sites for hydroxylation is 1. The first-order chi connectivity index (χ1) is 10.0. The van der Waals surface area contributed by atoms with Crippen molar-refractivity contribution in [2.45, 2.75) is 26.8 Å². The zero-order valence-electron chi connectivity index (χ0n) is 12.1. The maximum absolute atomic E-state index is 11.8. The van der Waals surface area contributed by atoms with Gasteiger partial charge in [-0.1, -0.05) is 24.6 Å². The molecule has 0 bridgehead atoms. The van der Waals surface area contributed by atoms with E-state index >= 15 is 0 Å². The normalized spacial score (nSPS) is 15.2. The largest absolute Gasteiger partial charge is 0.478 e. The summed E-state index contributed by atoms with van der Waals surface area (Å²) in [6.45, 7) is 6.45. The maximum Gasteiger partial charge on any atom is 0.336 e. The van der Waals surface area contributed by atoms with Crippen molar-refractivity contribution in [2.75, 3.05) is 13.1 Å². The fraction of sp³-hybridized carbons (Fsp3) is 0.375. The molecule has 2 aromatic rings. The van der Waals surface area contributed by atoms with Crippen LogP contribution in [0.25, 0.3) is 10.9 Å². The van der Waals surface area contributed by atoms with Gasteiger partial charge in [0.1, 0.15) is 0 Å². The Morgan fingerprint density at radius 1 is 1.48 bits per heavy atom. The van der Waals surface area contributed by atoms with E-state index in [1.165, 1.54) is 0 Å². The van der Waals surface area contributed by atoms with Crippen LogP contribution in [-0.2, 0) is 13.0 Å². The van der Waals surface area contributed by atoms with Gasteiger partial charge in [0.2, 0.25) is 0 Å². The van der Waals surface area contributed by atoms with Crippen molar-refractivity contribution >= 4 is 28.5 Å². The monoisotopic (exact) mass is 304 g/mol. The smallest absolute Gasteiger partial charge is 0.336 e. The predicted octanol–water partition coefficient (Wildman–Crippen LogP) is 3.27. The number of likely N-dealkylation sites (N-methyl/N-ethyl adjacent to an activating group) is 1. The molecule has 21 heavy (non-hydrogen) atoms. The average molecular weight is 305 g/mol. The van der Waals surface area contributed by atoms with Crippen molar-refractivity contribution in [1.82, 2.24) is 9.88 Å². The zero-order chi connectivity index (χ0) is 15.1. The van der Waals surface area contributed by atoms with Gasteiger partial charge in [-0.15, -0.1) is 0 Å². The molecule has 1 aromatic carbocycles. The number of carboxylic acids is 1. The third-order valence-corrected chi connectivity index (χ3v) is 4.65. The molecule has 0 radical (unpaired) electrons. The van der Waals surface area contributed by atoms with Crippen LogP contribution in [0.2, 0.25) is 5.02 Å². The highest BCUT2D eigenvalue weighted by molar-refractivity contribution is 6.32. The minimum atomic E-state index is -0.890. The highest BCUT2D eigenvalue weighted by atomic mass is 35.5. The number of benzene rings is 1. The van der Waals surface area contributed by atoms with Crippen LogP contribution in [0, 0.1) is 6.92 Å². The quantitative estimate of drug-likeness (QED) is 0.925. The molecule has 0 spiro atoms. The molecule has 1 aliphatic heterocycles. The average Bonchev–Trinajstić information content (AvgIpc) is 2.48. The lowest BCUT2D eigenvalue weighted by Gasteiger charge is -2.28. The highest BCUT2D eigenvalue weighted by Gasteiger charge is 2.25. The Hall–Kier alpha value is -1.65. The van der Waals surface area contributed by atoms with Gasteiger partial charge in [0.25, 0.3) is 0 Å². The SMILES string of the molecule is CCN1CCc2nc3c(C)c(Cl)ccc3c(C(=O)O)c2C1. The molecule has 2 heterocycles. The molecule has 1 N–H and O–H groups in total. The maximum atomic E-state index is 11.8. The van der Waals surface area contributed by atoms with E-state index in [-0.39, 0.29) is 0 Å². The first-order valence-corrected chi connectivity index (χ1v) is 7.47. The second-order valence-electron chi connectivity index (χ2n) is 5.40. The van der Waals surface area contributed by atoms with Crippen LogP contribution in [-0.4, -0.2) is 34.0 Å². The summed E-state index contributed by atoms with van der Waals surface area (Å²) >= 11 is 6.15. The van der Waals surface area contributed by atoms with Crippen LogP contribution < -0.4 is 0 Å². The standard InChI is InChI=1S/C16H17ClN2O2/c1-3-19-7-6-13-11(8-19)14(16(20)21)10-4-5-12(17)9(2)15(10)18-13/h4-5H,3,6-8H2,1-2H3,(H,20,21). The van der Waals surface area contributed by atoms with Gasteiger partial charge in [-0.25, -0.2) is 4.79 Å². The summed E-state index contributed by atoms with van der Waals surface area (Å²) in [5.41, 5.74) is 3.69. The molecule has 1 aliphatic rings. The highest BCUT2D eigenvalue weighted by Crippen LogP contribution is 2.32. The van der Waals surface area contributed by atoms with Gasteiger partial charge in [0.15, 0.2) is 0 Å². The van der Waals surface area contributed by atoms with Crippen molar-refractivity contribution < 1.29 is 9.90 Å². The van der Waals surface area contributed by atoms with Crippen LogP contribution in [0.4, 0.5) is 0 Å². The zero-order valence-corrected chi connectivity index (χ0v) is 12.9. The molecule has 0 amide bonds. The van der Waals surface area contributed by atoms with Crippen LogP contribution in [0.5, 0.6) is 0 Å². The first-order valence-electron chi connectivity index (χ1n) is 7.09. The predicted molar refractivity (Wildman–Crippen MR) is 83.1 cm³/mol.